The van der Waals surface area contributed by atoms with Crippen molar-refractivity contribution in [2.24, 2.45) is 5.73 Å². The first-order valence-corrected chi connectivity index (χ1v) is 7.38. The van der Waals surface area contributed by atoms with Crippen LogP contribution in [0.2, 0.25) is 0 Å². The zero-order chi connectivity index (χ0) is 12.5. The van der Waals surface area contributed by atoms with Crippen LogP contribution in [-0.2, 0) is 16.4 Å². The predicted octanol–water partition coefficient (Wildman–Crippen LogP) is 1.02. The standard InChI is InChI=1S/C12H18N2O2S/c1-2-3-9-4-6-10(7-5-9)17(15,16)14-12-8-11(12)13/h4-7,11-12,14H,2-3,8,13H2,1H3. The first-order valence-electron chi connectivity index (χ1n) is 5.90. The Morgan fingerprint density at radius 1 is 1.35 bits per heavy atom. The topological polar surface area (TPSA) is 72.2 Å². The fraction of sp³-hybridized carbons (Fsp3) is 0.500. The van der Waals surface area contributed by atoms with E-state index in [1.807, 2.05) is 12.1 Å². The molecule has 94 valence electrons. The van der Waals surface area contributed by atoms with Crippen molar-refractivity contribution >= 4 is 10.0 Å². The highest BCUT2D eigenvalue weighted by Crippen LogP contribution is 2.21. The molecule has 17 heavy (non-hydrogen) atoms. The normalized spacial score (nSPS) is 23.6. The minimum atomic E-state index is -3.39. The van der Waals surface area contributed by atoms with E-state index in [2.05, 4.69) is 11.6 Å². The van der Waals surface area contributed by atoms with E-state index in [0.29, 0.717) is 4.90 Å². The second-order valence-corrected chi connectivity index (χ2v) is 6.24. The van der Waals surface area contributed by atoms with Gasteiger partial charge in [-0.1, -0.05) is 25.5 Å². The molecule has 0 radical (unpaired) electrons. The Morgan fingerprint density at radius 2 is 1.94 bits per heavy atom. The quantitative estimate of drug-likeness (QED) is 0.824. The number of aryl methyl sites for hydroxylation is 1. The number of hydrogen-bond donors (Lipinski definition) is 2. The van der Waals surface area contributed by atoms with Crippen molar-refractivity contribution in [2.45, 2.75) is 43.2 Å². The van der Waals surface area contributed by atoms with E-state index in [9.17, 15) is 8.42 Å². The lowest BCUT2D eigenvalue weighted by molar-refractivity contribution is 0.579. The molecule has 4 nitrogen and oxygen atoms in total. The van der Waals surface area contributed by atoms with Crippen molar-refractivity contribution in [1.29, 1.82) is 0 Å². The van der Waals surface area contributed by atoms with Gasteiger partial charge in [0.15, 0.2) is 0 Å². The summed E-state index contributed by atoms with van der Waals surface area (Å²) in [7, 11) is -3.39. The van der Waals surface area contributed by atoms with Crippen molar-refractivity contribution in [3.05, 3.63) is 29.8 Å². The second-order valence-electron chi connectivity index (χ2n) is 4.52. The van der Waals surface area contributed by atoms with Crippen molar-refractivity contribution in [3.8, 4) is 0 Å². The van der Waals surface area contributed by atoms with Gasteiger partial charge in [0, 0.05) is 12.1 Å². The molecule has 0 aliphatic heterocycles. The van der Waals surface area contributed by atoms with Gasteiger partial charge in [-0.25, -0.2) is 13.1 Å². The molecule has 3 N–H and O–H groups in total. The highest BCUT2D eigenvalue weighted by Gasteiger charge is 2.37. The van der Waals surface area contributed by atoms with Crippen LogP contribution in [0.15, 0.2) is 29.2 Å². The van der Waals surface area contributed by atoms with Gasteiger partial charge in [-0.3, -0.25) is 0 Å². The molecule has 1 aliphatic rings. The molecule has 1 saturated carbocycles. The molecule has 0 spiro atoms. The monoisotopic (exact) mass is 254 g/mol. The van der Waals surface area contributed by atoms with Crippen LogP contribution in [0.25, 0.3) is 0 Å². The van der Waals surface area contributed by atoms with Crippen LogP contribution in [0, 0.1) is 0 Å². The minimum Gasteiger partial charge on any atom is -0.326 e. The third-order valence-electron chi connectivity index (χ3n) is 2.92. The summed E-state index contributed by atoms with van der Waals surface area (Å²) < 4.78 is 26.5. The molecule has 0 heterocycles. The van der Waals surface area contributed by atoms with Crippen LogP contribution in [0.1, 0.15) is 25.3 Å². The van der Waals surface area contributed by atoms with E-state index >= 15 is 0 Å². The number of benzene rings is 1. The average Bonchev–Trinajstić information content (AvgIpc) is 2.94. The van der Waals surface area contributed by atoms with Crippen LogP contribution >= 0.6 is 0 Å². The fourth-order valence-corrected chi connectivity index (χ4v) is 3.04. The number of sulfonamides is 1. The van der Waals surface area contributed by atoms with Crippen molar-refractivity contribution in [1.82, 2.24) is 4.72 Å². The highest BCUT2D eigenvalue weighted by atomic mass is 32.2. The first-order chi connectivity index (χ1) is 8.03. The van der Waals surface area contributed by atoms with E-state index in [1.54, 1.807) is 12.1 Å². The summed E-state index contributed by atoms with van der Waals surface area (Å²) in [4.78, 5) is 0.316. The van der Waals surface area contributed by atoms with Gasteiger partial charge in [-0.2, -0.15) is 0 Å². The largest absolute Gasteiger partial charge is 0.326 e. The number of hydrogen-bond acceptors (Lipinski definition) is 3. The molecule has 2 unspecified atom stereocenters. The summed E-state index contributed by atoms with van der Waals surface area (Å²) in [5.41, 5.74) is 6.75. The maximum atomic E-state index is 11.9. The van der Waals surface area contributed by atoms with Crippen LogP contribution in [-0.4, -0.2) is 20.5 Å². The summed E-state index contributed by atoms with van der Waals surface area (Å²) in [6, 6.07) is 6.93. The molecule has 2 atom stereocenters. The Morgan fingerprint density at radius 3 is 2.41 bits per heavy atom. The Hall–Kier alpha value is -0.910. The van der Waals surface area contributed by atoms with E-state index in [-0.39, 0.29) is 12.1 Å². The summed E-state index contributed by atoms with van der Waals surface area (Å²) >= 11 is 0. The molecule has 1 aromatic carbocycles. The molecule has 5 heteroatoms. The molecule has 0 saturated heterocycles. The first kappa shape index (κ1) is 12.5. The zero-order valence-electron chi connectivity index (χ0n) is 9.89. The summed E-state index contributed by atoms with van der Waals surface area (Å²) in [6.45, 7) is 2.10. The summed E-state index contributed by atoms with van der Waals surface area (Å²) in [5, 5.41) is 0. The van der Waals surface area contributed by atoms with Crippen molar-refractivity contribution in [3.63, 3.8) is 0 Å². The molecule has 1 aromatic rings. The predicted molar refractivity (Wildman–Crippen MR) is 67.1 cm³/mol. The van der Waals surface area contributed by atoms with Crippen molar-refractivity contribution in [2.75, 3.05) is 0 Å². The van der Waals surface area contributed by atoms with Gasteiger partial charge < -0.3 is 5.73 Å². The van der Waals surface area contributed by atoms with Crippen LogP contribution < -0.4 is 10.5 Å². The van der Waals surface area contributed by atoms with Gasteiger partial charge in [0.25, 0.3) is 0 Å². The number of nitrogens with two attached hydrogens (primary N) is 1. The molecular formula is C12H18N2O2S. The summed E-state index contributed by atoms with van der Waals surface area (Å²) in [6.07, 6.45) is 2.76. The van der Waals surface area contributed by atoms with Gasteiger partial charge in [-0.15, -0.1) is 0 Å². The smallest absolute Gasteiger partial charge is 0.240 e. The Kier molecular flexibility index (Phi) is 3.51. The minimum absolute atomic E-state index is 0.0239. The Bertz CT molecular complexity index is 482. The van der Waals surface area contributed by atoms with E-state index < -0.39 is 10.0 Å². The van der Waals surface area contributed by atoms with Gasteiger partial charge >= 0.3 is 0 Å². The zero-order valence-corrected chi connectivity index (χ0v) is 10.7. The molecule has 0 amide bonds. The van der Waals surface area contributed by atoms with E-state index in [0.717, 1.165) is 24.8 Å². The SMILES string of the molecule is CCCc1ccc(S(=O)(=O)NC2CC2N)cc1. The van der Waals surface area contributed by atoms with Gasteiger partial charge in [0.05, 0.1) is 4.90 Å². The second kappa shape index (κ2) is 4.76. The van der Waals surface area contributed by atoms with Gasteiger partial charge in [-0.05, 0) is 30.5 Å². The molecular weight excluding hydrogens is 236 g/mol. The summed E-state index contributed by atoms with van der Waals surface area (Å²) in [5.74, 6) is 0. The third-order valence-corrected chi connectivity index (χ3v) is 4.42. The highest BCUT2D eigenvalue weighted by molar-refractivity contribution is 7.89. The maximum absolute atomic E-state index is 11.9. The van der Waals surface area contributed by atoms with Crippen LogP contribution in [0.3, 0.4) is 0 Å². The number of nitrogens with one attached hydrogen (secondary N) is 1. The fourth-order valence-electron chi connectivity index (χ4n) is 1.74. The lowest BCUT2D eigenvalue weighted by Crippen LogP contribution is -2.29. The molecule has 0 aromatic heterocycles. The van der Waals surface area contributed by atoms with Crippen LogP contribution in [0.5, 0.6) is 0 Å². The third kappa shape index (κ3) is 3.06. The average molecular weight is 254 g/mol. The molecule has 1 aliphatic carbocycles. The van der Waals surface area contributed by atoms with E-state index in [4.69, 9.17) is 5.73 Å². The number of rotatable bonds is 5. The van der Waals surface area contributed by atoms with Gasteiger partial charge in [0.2, 0.25) is 10.0 Å². The molecule has 1 fully saturated rings. The van der Waals surface area contributed by atoms with Crippen molar-refractivity contribution < 1.29 is 8.42 Å². The Balaban J connectivity index is 2.10. The maximum Gasteiger partial charge on any atom is 0.240 e. The van der Waals surface area contributed by atoms with E-state index in [1.165, 1.54) is 0 Å². The lowest BCUT2D eigenvalue weighted by Gasteiger charge is -2.06. The van der Waals surface area contributed by atoms with Crippen LogP contribution in [0.4, 0.5) is 0 Å². The molecule has 2 rings (SSSR count). The van der Waals surface area contributed by atoms with Gasteiger partial charge in [0.1, 0.15) is 0 Å². The molecule has 0 bridgehead atoms. The Labute approximate surface area is 102 Å². The lowest BCUT2D eigenvalue weighted by atomic mass is 10.1.